The number of nitrogens with two attached hydrogens (primary N) is 1. The molecule has 0 saturated carbocycles. The third kappa shape index (κ3) is 2.91. The van der Waals surface area contributed by atoms with E-state index in [0.717, 1.165) is 0 Å². The molecule has 0 atom stereocenters. The molecule has 0 aliphatic rings. The van der Waals surface area contributed by atoms with E-state index in [0.29, 0.717) is 17.0 Å². The van der Waals surface area contributed by atoms with Crippen molar-refractivity contribution >= 4 is 17.4 Å². The van der Waals surface area contributed by atoms with Crippen molar-refractivity contribution in [3.63, 3.8) is 0 Å². The van der Waals surface area contributed by atoms with Crippen LogP contribution in [0.15, 0.2) is 36.5 Å². The molecule has 7 nitrogen and oxygen atoms in total. The van der Waals surface area contributed by atoms with Crippen molar-refractivity contribution in [3.05, 3.63) is 48.0 Å². The molecule has 0 aliphatic carbocycles. The highest BCUT2D eigenvalue weighted by atomic mass is 19.1. The average molecular weight is 353 g/mol. The van der Waals surface area contributed by atoms with Gasteiger partial charge in [0.05, 0.1) is 25.2 Å². The summed E-state index contributed by atoms with van der Waals surface area (Å²) in [6, 6.07) is 9.82. The van der Waals surface area contributed by atoms with Gasteiger partial charge in [-0.1, -0.05) is 6.07 Å². The number of methoxy groups -OCH3 is 1. The van der Waals surface area contributed by atoms with Crippen LogP contribution in [0.25, 0.3) is 16.8 Å². The molecule has 26 heavy (non-hydrogen) atoms. The lowest BCUT2D eigenvalue weighted by atomic mass is 10.1. The monoisotopic (exact) mass is 353 g/mol. The minimum absolute atomic E-state index is 0.0192. The Morgan fingerprint density at radius 2 is 2.23 bits per heavy atom. The number of pyridine rings is 1. The summed E-state index contributed by atoms with van der Waals surface area (Å²) in [5, 5.41) is 11.1. The Labute approximate surface area is 148 Å². The number of carbonyl (C=O) groups excluding carboxylic acids is 1. The van der Waals surface area contributed by atoms with Crippen LogP contribution in [0.4, 0.5) is 10.2 Å². The lowest BCUT2D eigenvalue weighted by Gasteiger charge is -2.10. The van der Waals surface area contributed by atoms with E-state index >= 15 is 0 Å². The summed E-state index contributed by atoms with van der Waals surface area (Å²) in [5.74, 6) is -0.488. The van der Waals surface area contributed by atoms with E-state index in [1.54, 1.807) is 30.5 Å². The summed E-state index contributed by atoms with van der Waals surface area (Å²) >= 11 is 0. The number of aromatic nitrogens is 2. The quantitative estimate of drug-likeness (QED) is 0.685. The van der Waals surface area contributed by atoms with Crippen LogP contribution in [0.2, 0.25) is 0 Å². The van der Waals surface area contributed by atoms with Crippen LogP contribution in [0.5, 0.6) is 5.75 Å². The summed E-state index contributed by atoms with van der Waals surface area (Å²) in [4.78, 5) is 16.6. The van der Waals surface area contributed by atoms with Crippen molar-refractivity contribution in [1.82, 2.24) is 14.7 Å². The van der Waals surface area contributed by atoms with Crippen molar-refractivity contribution in [1.29, 1.82) is 5.26 Å². The second-order valence-electron chi connectivity index (χ2n) is 5.44. The molecule has 0 unspecified atom stereocenters. The molecule has 3 N–H and O–H groups in total. The number of carbonyl (C=O) groups is 1. The highest BCUT2D eigenvalue weighted by Crippen LogP contribution is 2.35. The highest BCUT2D eigenvalue weighted by molar-refractivity contribution is 5.99. The van der Waals surface area contributed by atoms with Gasteiger partial charge in [0, 0.05) is 18.3 Å². The number of nitriles is 1. The number of nitrogens with one attached hydrogen (secondary N) is 1. The van der Waals surface area contributed by atoms with Gasteiger partial charge < -0.3 is 15.8 Å². The first kappa shape index (κ1) is 17.2. The third-order valence-electron chi connectivity index (χ3n) is 3.89. The number of halogens is 1. The fourth-order valence-electron chi connectivity index (χ4n) is 2.70. The van der Waals surface area contributed by atoms with E-state index < -0.39 is 11.7 Å². The predicted molar refractivity (Wildman–Crippen MR) is 94.1 cm³/mol. The molecule has 2 heterocycles. The number of ether oxygens (including phenoxy) is 1. The Kier molecular flexibility index (Phi) is 4.71. The fraction of sp³-hybridized carbons (Fsp3) is 0.167. The molecule has 0 fully saturated rings. The Hall–Kier alpha value is -3.60. The number of imidazole rings is 1. The largest absolute Gasteiger partial charge is 0.496 e. The van der Waals surface area contributed by atoms with Gasteiger partial charge in [-0.25, -0.2) is 9.37 Å². The van der Waals surface area contributed by atoms with E-state index in [9.17, 15) is 9.18 Å². The van der Waals surface area contributed by atoms with Gasteiger partial charge in [0.15, 0.2) is 5.69 Å². The number of anilines is 1. The third-order valence-corrected chi connectivity index (χ3v) is 3.89. The molecular formula is C18H16FN5O2. The molecule has 0 saturated heterocycles. The molecule has 3 aromatic rings. The maximum absolute atomic E-state index is 14.5. The molecule has 0 bridgehead atoms. The number of nitrogen functional groups attached to an aromatic ring is 1. The Morgan fingerprint density at radius 3 is 2.96 bits per heavy atom. The SMILES string of the molecule is COc1cccc(F)c1-c1cccn2c(N)c(C(=O)NCCC#N)nc12. The van der Waals surface area contributed by atoms with Gasteiger partial charge in [-0.05, 0) is 24.3 Å². The van der Waals surface area contributed by atoms with Gasteiger partial charge >= 0.3 is 0 Å². The molecule has 8 heteroatoms. The van der Waals surface area contributed by atoms with Gasteiger partial charge in [-0.15, -0.1) is 0 Å². The molecule has 0 aliphatic heterocycles. The number of rotatable bonds is 5. The van der Waals surface area contributed by atoms with E-state index in [2.05, 4.69) is 10.3 Å². The van der Waals surface area contributed by atoms with Gasteiger partial charge in [0.25, 0.3) is 5.91 Å². The van der Waals surface area contributed by atoms with Crippen molar-refractivity contribution in [3.8, 4) is 22.9 Å². The van der Waals surface area contributed by atoms with Crippen LogP contribution in [0.1, 0.15) is 16.9 Å². The Bertz CT molecular complexity index is 1020. The Morgan fingerprint density at radius 1 is 1.42 bits per heavy atom. The van der Waals surface area contributed by atoms with Crippen LogP contribution in [0, 0.1) is 17.1 Å². The number of amides is 1. The number of fused-ring (bicyclic) bond motifs is 1. The van der Waals surface area contributed by atoms with Crippen LogP contribution in [-0.4, -0.2) is 28.9 Å². The number of nitrogens with zero attached hydrogens (tertiary/aromatic N) is 3. The van der Waals surface area contributed by atoms with Crippen LogP contribution in [-0.2, 0) is 0 Å². The molecule has 0 spiro atoms. The van der Waals surface area contributed by atoms with Gasteiger partial charge in [-0.3, -0.25) is 9.20 Å². The lowest BCUT2D eigenvalue weighted by Crippen LogP contribution is -2.25. The van der Waals surface area contributed by atoms with Crippen LogP contribution >= 0.6 is 0 Å². The second kappa shape index (κ2) is 7.11. The number of benzene rings is 1. The Balaban J connectivity index is 2.14. The van der Waals surface area contributed by atoms with Crippen molar-refractivity contribution < 1.29 is 13.9 Å². The van der Waals surface area contributed by atoms with E-state index in [4.69, 9.17) is 15.7 Å². The van der Waals surface area contributed by atoms with Crippen molar-refractivity contribution in [2.45, 2.75) is 6.42 Å². The van der Waals surface area contributed by atoms with Gasteiger partial charge in [-0.2, -0.15) is 5.26 Å². The average Bonchev–Trinajstić information content (AvgIpc) is 2.99. The maximum Gasteiger partial charge on any atom is 0.273 e. The number of hydrogen-bond donors (Lipinski definition) is 2. The minimum atomic E-state index is -0.493. The minimum Gasteiger partial charge on any atom is -0.496 e. The smallest absolute Gasteiger partial charge is 0.273 e. The molecule has 1 amide bonds. The first-order valence-corrected chi connectivity index (χ1v) is 7.83. The highest BCUT2D eigenvalue weighted by Gasteiger charge is 2.21. The molecular weight excluding hydrogens is 337 g/mol. The second-order valence-corrected chi connectivity index (χ2v) is 5.44. The molecule has 3 rings (SSSR count). The van der Waals surface area contributed by atoms with Crippen LogP contribution < -0.4 is 15.8 Å². The summed E-state index contributed by atoms with van der Waals surface area (Å²) in [5.41, 5.74) is 7.09. The van der Waals surface area contributed by atoms with E-state index in [1.807, 2.05) is 6.07 Å². The summed E-state index contributed by atoms with van der Waals surface area (Å²) in [7, 11) is 1.45. The molecule has 1 aromatic carbocycles. The van der Waals surface area contributed by atoms with E-state index in [-0.39, 0.29) is 30.0 Å². The van der Waals surface area contributed by atoms with Crippen molar-refractivity contribution in [2.24, 2.45) is 0 Å². The predicted octanol–water partition coefficient (Wildman–Crippen LogP) is 2.37. The normalized spacial score (nSPS) is 10.5. The van der Waals surface area contributed by atoms with Gasteiger partial charge in [0.2, 0.25) is 0 Å². The topological polar surface area (TPSA) is 105 Å². The zero-order chi connectivity index (χ0) is 18.7. The molecule has 0 radical (unpaired) electrons. The van der Waals surface area contributed by atoms with Crippen molar-refractivity contribution in [2.75, 3.05) is 19.4 Å². The zero-order valence-electron chi connectivity index (χ0n) is 14.0. The molecule has 132 valence electrons. The zero-order valence-corrected chi connectivity index (χ0v) is 14.0. The lowest BCUT2D eigenvalue weighted by molar-refractivity contribution is 0.0951. The summed E-state index contributed by atoms with van der Waals surface area (Å²) in [6.45, 7) is 0.191. The maximum atomic E-state index is 14.5. The van der Waals surface area contributed by atoms with Gasteiger partial charge in [0.1, 0.15) is 23.0 Å². The fourth-order valence-corrected chi connectivity index (χ4v) is 2.70. The summed E-state index contributed by atoms with van der Waals surface area (Å²) < 4.78 is 21.2. The standard InChI is InChI=1S/C18H16FN5O2/c1-26-13-7-2-6-12(19)14(13)11-5-3-10-24-16(21)15(23-17(11)24)18(25)22-9-4-8-20/h2-3,5-7,10H,4,9,21H2,1H3,(H,22,25). The van der Waals surface area contributed by atoms with E-state index in [1.165, 1.54) is 17.6 Å². The van der Waals surface area contributed by atoms with Crippen LogP contribution in [0.3, 0.4) is 0 Å². The summed E-state index contributed by atoms with van der Waals surface area (Å²) in [6.07, 6.45) is 1.82. The molecule has 2 aromatic heterocycles. The first-order chi connectivity index (χ1) is 12.6. The first-order valence-electron chi connectivity index (χ1n) is 7.83. The number of hydrogen-bond acceptors (Lipinski definition) is 5.